The van der Waals surface area contributed by atoms with Gasteiger partial charge in [0, 0.05) is 6.20 Å². The molecule has 92 valence electrons. The average Bonchev–Trinajstić information content (AvgIpc) is 2.13. The number of carbonyl (C=O) groups is 1. The molecular formula is C10H11ClN2O4. The number of hydrogen-bond acceptors (Lipinski definition) is 5. The Morgan fingerprint density at radius 3 is 2.53 bits per heavy atom. The molecule has 1 aromatic heterocycles. The largest absolute Gasteiger partial charge is 0.456 e. The maximum atomic E-state index is 11.8. The normalized spacial score (nSPS) is 11.1. The Labute approximate surface area is 103 Å². The molecule has 0 aliphatic rings. The van der Waals surface area contributed by atoms with Gasteiger partial charge in [-0.25, -0.2) is 4.79 Å². The summed E-state index contributed by atoms with van der Waals surface area (Å²) in [5.41, 5.74) is -1.49. The Morgan fingerprint density at radius 1 is 1.47 bits per heavy atom. The third-order valence-electron chi connectivity index (χ3n) is 1.68. The first-order chi connectivity index (χ1) is 7.72. The Bertz CT molecular complexity index is 468. The van der Waals surface area contributed by atoms with Crippen LogP contribution >= 0.6 is 11.6 Å². The highest BCUT2D eigenvalue weighted by atomic mass is 35.5. The highest BCUT2D eigenvalue weighted by molar-refractivity contribution is 6.34. The number of rotatable bonds is 2. The van der Waals surface area contributed by atoms with Gasteiger partial charge in [0.2, 0.25) is 0 Å². The van der Waals surface area contributed by atoms with Crippen molar-refractivity contribution in [1.29, 1.82) is 0 Å². The maximum absolute atomic E-state index is 11.8. The Kier molecular flexibility index (Phi) is 3.67. The number of esters is 1. The minimum atomic E-state index is -0.836. The third kappa shape index (κ3) is 3.39. The molecule has 0 aromatic carbocycles. The molecule has 7 heteroatoms. The van der Waals surface area contributed by atoms with Crippen LogP contribution in [0.15, 0.2) is 12.4 Å². The van der Waals surface area contributed by atoms with Crippen LogP contribution in [0.3, 0.4) is 0 Å². The second kappa shape index (κ2) is 4.67. The summed E-state index contributed by atoms with van der Waals surface area (Å²) >= 11 is 5.73. The van der Waals surface area contributed by atoms with Crippen LogP contribution in [-0.2, 0) is 4.74 Å². The van der Waals surface area contributed by atoms with Gasteiger partial charge < -0.3 is 4.74 Å². The van der Waals surface area contributed by atoms with Crippen molar-refractivity contribution in [3.05, 3.63) is 33.1 Å². The zero-order valence-corrected chi connectivity index (χ0v) is 10.3. The first kappa shape index (κ1) is 13.4. The van der Waals surface area contributed by atoms with Crippen LogP contribution in [-0.4, -0.2) is 21.5 Å². The number of ether oxygens (including phenoxy) is 1. The van der Waals surface area contributed by atoms with Crippen molar-refractivity contribution in [2.75, 3.05) is 0 Å². The van der Waals surface area contributed by atoms with Crippen LogP contribution in [0.2, 0.25) is 5.02 Å². The third-order valence-corrected chi connectivity index (χ3v) is 1.97. The molecule has 0 spiro atoms. The van der Waals surface area contributed by atoms with Crippen molar-refractivity contribution in [2.45, 2.75) is 26.4 Å². The van der Waals surface area contributed by atoms with Gasteiger partial charge in [0.15, 0.2) is 5.56 Å². The fourth-order valence-electron chi connectivity index (χ4n) is 1.09. The predicted octanol–water partition coefficient (Wildman–Crippen LogP) is 2.60. The molecule has 0 radical (unpaired) electrons. The van der Waals surface area contributed by atoms with Gasteiger partial charge in [-0.1, -0.05) is 11.6 Å². The molecule has 0 unspecified atom stereocenters. The van der Waals surface area contributed by atoms with Crippen molar-refractivity contribution in [2.24, 2.45) is 0 Å². The first-order valence-corrected chi connectivity index (χ1v) is 5.11. The van der Waals surface area contributed by atoms with Gasteiger partial charge >= 0.3 is 11.7 Å². The average molecular weight is 259 g/mol. The lowest BCUT2D eigenvalue weighted by Gasteiger charge is -2.19. The van der Waals surface area contributed by atoms with E-state index in [0.717, 1.165) is 12.4 Å². The highest BCUT2D eigenvalue weighted by Crippen LogP contribution is 2.27. The summed E-state index contributed by atoms with van der Waals surface area (Å²) in [6.07, 6.45) is 2.12. The number of nitro groups is 1. The number of pyridine rings is 1. The summed E-state index contributed by atoms with van der Waals surface area (Å²) in [6.45, 7) is 4.98. The van der Waals surface area contributed by atoms with Crippen molar-refractivity contribution < 1.29 is 14.5 Å². The van der Waals surface area contributed by atoms with Crippen LogP contribution in [0.1, 0.15) is 31.1 Å². The van der Waals surface area contributed by atoms with Gasteiger partial charge in [0.1, 0.15) is 11.8 Å². The Morgan fingerprint density at radius 2 is 2.06 bits per heavy atom. The van der Waals surface area contributed by atoms with Crippen LogP contribution in [0, 0.1) is 10.1 Å². The molecule has 0 amide bonds. The summed E-state index contributed by atoms with van der Waals surface area (Å²) < 4.78 is 5.04. The first-order valence-electron chi connectivity index (χ1n) is 4.73. The molecule has 0 N–H and O–H groups in total. The van der Waals surface area contributed by atoms with Crippen LogP contribution in [0.5, 0.6) is 0 Å². The van der Waals surface area contributed by atoms with Gasteiger partial charge in [-0.15, -0.1) is 0 Å². The van der Waals surface area contributed by atoms with Crippen molar-refractivity contribution in [3.8, 4) is 0 Å². The van der Waals surface area contributed by atoms with Gasteiger partial charge in [-0.3, -0.25) is 15.1 Å². The van der Waals surface area contributed by atoms with Gasteiger partial charge in [-0.2, -0.15) is 0 Å². The van der Waals surface area contributed by atoms with E-state index in [1.165, 1.54) is 0 Å². The number of carbonyl (C=O) groups excluding carboxylic acids is 1. The minimum Gasteiger partial charge on any atom is -0.456 e. The molecule has 0 aliphatic heterocycles. The van der Waals surface area contributed by atoms with E-state index in [1.54, 1.807) is 20.8 Å². The number of aromatic nitrogens is 1. The molecule has 6 nitrogen and oxygen atoms in total. The van der Waals surface area contributed by atoms with E-state index >= 15 is 0 Å². The molecule has 0 fully saturated rings. The lowest BCUT2D eigenvalue weighted by atomic mass is 10.1. The topological polar surface area (TPSA) is 82.3 Å². The van der Waals surface area contributed by atoms with Gasteiger partial charge in [-0.05, 0) is 20.8 Å². The predicted molar refractivity (Wildman–Crippen MR) is 61.1 cm³/mol. The summed E-state index contributed by atoms with van der Waals surface area (Å²) in [6, 6.07) is 0. The molecule has 1 aromatic rings. The Hall–Kier alpha value is -1.69. The lowest BCUT2D eigenvalue weighted by Crippen LogP contribution is -2.24. The molecule has 0 saturated heterocycles. The zero-order valence-electron chi connectivity index (χ0n) is 9.56. The summed E-state index contributed by atoms with van der Waals surface area (Å²) in [4.78, 5) is 25.4. The van der Waals surface area contributed by atoms with E-state index in [9.17, 15) is 14.9 Å². The van der Waals surface area contributed by atoms with Crippen molar-refractivity contribution >= 4 is 23.3 Å². The molecular weight excluding hydrogens is 248 g/mol. The second-order valence-corrected chi connectivity index (χ2v) is 4.68. The molecule has 0 aliphatic carbocycles. The molecule has 0 saturated carbocycles. The van der Waals surface area contributed by atoms with Crippen LogP contribution in [0.25, 0.3) is 0 Å². The monoisotopic (exact) mass is 258 g/mol. The highest BCUT2D eigenvalue weighted by Gasteiger charge is 2.28. The molecule has 1 rings (SSSR count). The van der Waals surface area contributed by atoms with Crippen LogP contribution < -0.4 is 0 Å². The summed E-state index contributed by atoms with van der Waals surface area (Å²) in [5.74, 6) is -0.836. The quantitative estimate of drug-likeness (QED) is 0.463. The fraction of sp³-hybridized carbons (Fsp3) is 0.400. The van der Waals surface area contributed by atoms with E-state index in [0.29, 0.717) is 0 Å². The van der Waals surface area contributed by atoms with E-state index in [-0.39, 0.29) is 10.6 Å². The van der Waals surface area contributed by atoms with E-state index < -0.39 is 22.2 Å². The summed E-state index contributed by atoms with van der Waals surface area (Å²) in [5, 5.41) is 10.6. The molecule has 1 heterocycles. The van der Waals surface area contributed by atoms with E-state index in [2.05, 4.69) is 4.98 Å². The second-order valence-electron chi connectivity index (χ2n) is 4.27. The zero-order chi connectivity index (χ0) is 13.2. The smallest absolute Gasteiger partial charge is 0.347 e. The number of hydrogen-bond donors (Lipinski definition) is 0. The van der Waals surface area contributed by atoms with Gasteiger partial charge in [0.05, 0.1) is 9.95 Å². The minimum absolute atomic E-state index is 0.103. The lowest BCUT2D eigenvalue weighted by molar-refractivity contribution is -0.385. The van der Waals surface area contributed by atoms with Gasteiger partial charge in [0.25, 0.3) is 0 Å². The fourth-order valence-corrected chi connectivity index (χ4v) is 1.32. The van der Waals surface area contributed by atoms with Crippen molar-refractivity contribution in [3.63, 3.8) is 0 Å². The van der Waals surface area contributed by atoms with E-state index in [4.69, 9.17) is 16.3 Å². The maximum Gasteiger partial charge on any atom is 0.347 e. The number of halogens is 1. The number of nitrogens with zero attached hydrogens (tertiary/aromatic N) is 2. The van der Waals surface area contributed by atoms with Crippen LogP contribution in [0.4, 0.5) is 5.69 Å². The van der Waals surface area contributed by atoms with E-state index in [1.807, 2.05) is 0 Å². The molecule has 0 bridgehead atoms. The standard InChI is InChI=1S/C10H11ClN2O4/c1-10(2,3)17-9(14)8-6(11)4-12-5-7(8)13(15)16/h4-5H,1-3H3. The summed E-state index contributed by atoms with van der Waals surface area (Å²) in [7, 11) is 0. The van der Waals surface area contributed by atoms with Crippen molar-refractivity contribution in [1.82, 2.24) is 4.98 Å². The molecule has 0 atom stereocenters. The molecule has 17 heavy (non-hydrogen) atoms. The Balaban J connectivity index is 3.21. The SMILES string of the molecule is CC(C)(C)OC(=O)c1c(Cl)cncc1[N+](=O)[O-].